The molecule has 0 spiro atoms. The van der Waals surface area contributed by atoms with Crippen molar-refractivity contribution in [1.82, 2.24) is 9.88 Å². The molecule has 1 atom stereocenters. The minimum absolute atomic E-state index is 0.274. The van der Waals surface area contributed by atoms with Crippen molar-refractivity contribution in [1.29, 1.82) is 5.26 Å². The lowest BCUT2D eigenvalue weighted by atomic mass is 9.89. The van der Waals surface area contributed by atoms with Crippen molar-refractivity contribution in [2.45, 2.75) is 45.2 Å². The number of aromatic nitrogens is 1. The van der Waals surface area contributed by atoms with Gasteiger partial charge in [0.25, 0.3) is 11.2 Å². The lowest BCUT2D eigenvalue weighted by Gasteiger charge is -2.20. The summed E-state index contributed by atoms with van der Waals surface area (Å²) in [6.07, 6.45) is 5.44. The zero-order chi connectivity index (χ0) is 20.3. The van der Waals surface area contributed by atoms with Gasteiger partial charge >= 0.3 is 0 Å². The summed E-state index contributed by atoms with van der Waals surface area (Å²) in [5.41, 5.74) is 2.11. The highest BCUT2D eigenvalue weighted by Crippen LogP contribution is 2.24. The molecule has 2 aromatic rings. The third-order valence-electron chi connectivity index (χ3n) is 4.97. The second-order valence-corrected chi connectivity index (χ2v) is 6.94. The quantitative estimate of drug-likeness (QED) is 0.631. The Kier molecular flexibility index (Phi) is 5.54. The van der Waals surface area contributed by atoms with Gasteiger partial charge in [0.15, 0.2) is 0 Å². The van der Waals surface area contributed by atoms with Crippen LogP contribution in [0.15, 0.2) is 35.3 Å². The average molecular weight is 380 g/mol. The maximum absolute atomic E-state index is 12.4. The van der Waals surface area contributed by atoms with Crippen molar-refractivity contribution >= 4 is 11.6 Å². The van der Waals surface area contributed by atoms with Gasteiger partial charge in [-0.15, -0.1) is 0 Å². The van der Waals surface area contributed by atoms with E-state index in [1.165, 1.54) is 17.5 Å². The van der Waals surface area contributed by atoms with Gasteiger partial charge in [-0.05, 0) is 49.3 Å². The molecule has 3 rings (SSSR count). The number of nitrogens with zero attached hydrogens (tertiary/aromatic N) is 3. The number of nitriles is 1. The molecule has 1 amide bonds. The highest BCUT2D eigenvalue weighted by molar-refractivity contribution is 5.76. The molecule has 1 aliphatic carbocycles. The van der Waals surface area contributed by atoms with Crippen molar-refractivity contribution < 1.29 is 9.72 Å². The molecule has 0 bridgehead atoms. The van der Waals surface area contributed by atoms with E-state index in [0.717, 1.165) is 41.7 Å². The molecule has 1 aromatic heterocycles. The first-order valence-electron chi connectivity index (χ1n) is 9.09. The molecule has 0 fully saturated rings. The van der Waals surface area contributed by atoms with Gasteiger partial charge in [-0.2, -0.15) is 5.26 Å². The first-order chi connectivity index (χ1) is 13.4. The van der Waals surface area contributed by atoms with Crippen molar-refractivity contribution in [2.24, 2.45) is 0 Å². The summed E-state index contributed by atoms with van der Waals surface area (Å²) in [5, 5.41) is 22.8. The largest absolute Gasteiger partial charge is 0.348 e. The first-order valence-corrected chi connectivity index (χ1v) is 9.09. The van der Waals surface area contributed by atoms with Gasteiger partial charge in [0.2, 0.25) is 5.91 Å². The van der Waals surface area contributed by atoms with E-state index in [2.05, 4.69) is 17.4 Å². The van der Waals surface area contributed by atoms with Crippen LogP contribution >= 0.6 is 0 Å². The van der Waals surface area contributed by atoms with Crippen LogP contribution in [0.5, 0.6) is 0 Å². The summed E-state index contributed by atoms with van der Waals surface area (Å²) in [4.78, 5) is 34.8. The van der Waals surface area contributed by atoms with E-state index in [0.29, 0.717) is 0 Å². The fourth-order valence-corrected chi connectivity index (χ4v) is 3.47. The van der Waals surface area contributed by atoms with Crippen LogP contribution in [0.1, 0.15) is 48.1 Å². The monoisotopic (exact) mass is 380 g/mol. The molecule has 8 nitrogen and oxygen atoms in total. The summed E-state index contributed by atoms with van der Waals surface area (Å²) < 4.78 is 0.894. The molecule has 1 aromatic carbocycles. The number of benzene rings is 1. The molecule has 28 heavy (non-hydrogen) atoms. The van der Waals surface area contributed by atoms with Gasteiger partial charge < -0.3 is 5.32 Å². The normalized spacial score (nSPS) is 13.9. The van der Waals surface area contributed by atoms with E-state index < -0.39 is 28.6 Å². The van der Waals surface area contributed by atoms with E-state index in [-0.39, 0.29) is 11.6 Å². The number of rotatable bonds is 5. The van der Waals surface area contributed by atoms with Crippen molar-refractivity contribution in [3.63, 3.8) is 0 Å². The summed E-state index contributed by atoms with van der Waals surface area (Å²) in [5.74, 6) is -0.461. The van der Waals surface area contributed by atoms with Gasteiger partial charge in [-0.3, -0.25) is 24.3 Å². The number of amides is 1. The predicted molar refractivity (Wildman–Crippen MR) is 102 cm³/mol. The van der Waals surface area contributed by atoms with E-state index in [9.17, 15) is 19.7 Å². The zero-order valence-electron chi connectivity index (χ0n) is 15.5. The summed E-state index contributed by atoms with van der Waals surface area (Å²) in [6.45, 7) is 1.45. The highest BCUT2D eigenvalue weighted by Gasteiger charge is 2.18. The van der Waals surface area contributed by atoms with Gasteiger partial charge in [0.05, 0.1) is 17.2 Å². The van der Waals surface area contributed by atoms with Crippen molar-refractivity contribution in [3.05, 3.63) is 73.2 Å². The SMILES string of the molecule is C[C@@H](NC(=O)Cn1cc([N+](=O)[O-])cc(C#N)c1=O)c1ccc2c(c1)CCCC2. The number of hydrogen-bond acceptors (Lipinski definition) is 5. The number of fused-ring (bicyclic) bond motifs is 1. The fraction of sp³-hybridized carbons (Fsp3) is 0.350. The van der Waals surface area contributed by atoms with E-state index in [4.69, 9.17) is 5.26 Å². The number of hydrogen-bond donors (Lipinski definition) is 1. The average Bonchev–Trinajstić information content (AvgIpc) is 2.68. The smallest absolute Gasteiger partial charge is 0.287 e. The molecule has 1 N–H and O–H groups in total. The van der Waals surface area contributed by atoms with Gasteiger partial charge in [0, 0.05) is 6.07 Å². The summed E-state index contributed by atoms with van der Waals surface area (Å²) in [6, 6.07) is 8.45. The van der Waals surface area contributed by atoms with Crippen molar-refractivity contribution in [3.8, 4) is 6.07 Å². The molecule has 0 aliphatic heterocycles. The Morgan fingerprint density at radius 2 is 2.04 bits per heavy atom. The Morgan fingerprint density at radius 1 is 1.32 bits per heavy atom. The van der Waals surface area contributed by atoms with Gasteiger partial charge in [0.1, 0.15) is 18.2 Å². The number of pyridine rings is 1. The summed E-state index contributed by atoms with van der Waals surface area (Å²) >= 11 is 0. The minimum Gasteiger partial charge on any atom is -0.348 e. The number of carbonyl (C=O) groups excluding carboxylic acids is 1. The molecule has 0 saturated heterocycles. The molecule has 0 saturated carbocycles. The van der Waals surface area contributed by atoms with Crippen LogP contribution in [0.4, 0.5) is 5.69 Å². The van der Waals surface area contributed by atoms with Crippen LogP contribution in [-0.2, 0) is 24.2 Å². The van der Waals surface area contributed by atoms with Crippen LogP contribution < -0.4 is 10.9 Å². The van der Waals surface area contributed by atoms with E-state index in [1.807, 2.05) is 13.0 Å². The van der Waals surface area contributed by atoms with E-state index >= 15 is 0 Å². The Balaban J connectivity index is 1.75. The van der Waals surface area contributed by atoms with Gasteiger partial charge in [-0.25, -0.2) is 0 Å². The molecule has 1 heterocycles. The number of nitrogens with one attached hydrogen (secondary N) is 1. The van der Waals surface area contributed by atoms with Crippen LogP contribution in [0, 0.1) is 21.4 Å². The molecular formula is C20H20N4O4. The minimum atomic E-state index is -0.732. The summed E-state index contributed by atoms with van der Waals surface area (Å²) in [7, 11) is 0. The molecular weight excluding hydrogens is 360 g/mol. The first kappa shape index (κ1) is 19.3. The third kappa shape index (κ3) is 4.09. The Labute approximate surface area is 161 Å². The molecule has 144 valence electrons. The second kappa shape index (κ2) is 8.05. The van der Waals surface area contributed by atoms with Crippen molar-refractivity contribution in [2.75, 3.05) is 0 Å². The topological polar surface area (TPSA) is 118 Å². The molecule has 0 radical (unpaired) electrons. The fourth-order valence-electron chi connectivity index (χ4n) is 3.47. The number of nitro groups is 1. The Morgan fingerprint density at radius 3 is 2.71 bits per heavy atom. The van der Waals surface area contributed by atoms with Crippen LogP contribution in [0.3, 0.4) is 0 Å². The van der Waals surface area contributed by atoms with E-state index in [1.54, 1.807) is 6.07 Å². The van der Waals surface area contributed by atoms with Gasteiger partial charge in [-0.1, -0.05) is 18.2 Å². The number of aryl methyl sites for hydroxylation is 2. The maximum Gasteiger partial charge on any atom is 0.287 e. The highest BCUT2D eigenvalue weighted by atomic mass is 16.6. The molecule has 0 unspecified atom stereocenters. The van der Waals surface area contributed by atoms with Crippen LogP contribution in [0.25, 0.3) is 0 Å². The lowest BCUT2D eigenvalue weighted by molar-refractivity contribution is -0.385. The second-order valence-electron chi connectivity index (χ2n) is 6.94. The number of carbonyl (C=O) groups is 1. The maximum atomic E-state index is 12.4. The molecule has 8 heteroatoms. The Hall–Kier alpha value is -3.47. The Bertz CT molecular complexity index is 1040. The zero-order valence-corrected chi connectivity index (χ0v) is 15.5. The van der Waals surface area contributed by atoms with Crippen LogP contribution in [0.2, 0.25) is 0 Å². The third-order valence-corrected chi connectivity index (χ3v) is 4.97. The molecule has 1 aliphatic rings. The standard InChI is InChI=1S/C20H20N4O4/c1-13(15-7-6-14-4-2-3-5-16(14)8-15)22-19(25)12-23-11-18(24(27)28)9-17(10-21)20(23)26/h6-9,11,13H,2-5,12H2,1H3,(H,22,25)/t13-/m1/s1. The predicted octanol–water partition coefficient (Wildman–Crippen LogP) is 2.38. The van der Waals surface area contributed by atoms with Crippen LogP contribution in [-0.4, -0.2) is 15.4 Å². The lowest BCUT2D eigenvalue weighted by Crippen LogP contribution is -2.34.